The molecule has 25 heavy (non-hydrogen) atoms. The molecule has 2 rings (SSSR count). The minimum atomic E-state index is -3.33. The lowest BCUT2D eigenvalue weighted by Gasteiger charge is -2.30. The van der Waals surface area contributed by atoms with Crippen molar-refractivity contribution in [3.8, 4) is 5.69 Å². The Kier molecular flexibility index (Phi) is 5.50. The highest BCUT2D eigenvalue weighted by atomic mass is 19.3. The van der Waals surface area contributed by atoms with E-state index < -0.39 is 29.9 Å². The first-order chi connectivity index (χ1) is 11.8. The first kappa shape index (κ1) is 18.6. The number of nitrogens with zero attached hydrogens (tertiary/aromatic N) is 1. The largest absolute Gasteiger partial charge is 0.381 e. The summed E-state index contributed by atoms with van der Waals surface area (Å²) >= 11 is 0. The van der Waals surface area contributed by atoms with Crippen LogP contribution in [0.15, 0.2) is 48.8 Å². The third kappa shape index (κ3) is 4.01. The summed E-state index contributed by atoms with van der Waals surface area (Å²) in [6, 6.07) is 7.73. The van der Waals surface area contributed by atoms with E-state index in [1.165, 1.54) is 12.1 Å². The molecule has 0 unspecified atom stereocenters. The number of alkyl halides is 2. The summed E-state index contributed by atoms with van der Waals surface area (Å²) in [6.07, 6.45) is 0.277. The number of halogens is 2. The number of aromatic nitrogens is 1. The summed E-state index contributed by atoms with van der Waals surface area (Å²) in [4.78, 5) is 23.8. The van der Waals surface area contributed by atoms with Crippen LogP contribution in [-0.2, 0) is 4.79 Å². The molecule has 0 saturated heterocycles. The first-order valence-corrected chi connectivity index (χ1v) is 7.26. The second-order valence-electron chi connectivity index (χ2n) is 5.55. The number of rotatable bonds is 6. The number of carbonyl (C=O) groups is 2. The van der Waals surface area contributed by atoms with Gasteiger partial charge in [-0.25, -0.2) is 14.3 Å². The van der Waals surface area contributed by atoms with E-state index in [0.29, 0.717) is 6.92 Å². The van der Waals surface area contributed by atoms with Crippen LogP contribution in [0.5, 0.6) is 0 Å². The van der Waals surface area contributed by atoms with Gasteiger partial charge in [0.05, 0.1) is 0 Å². The zero-order valence-electron chi connectivity index (χ0n) is 13.2. The fraction of sp³-hybridized carbons (Fsp3) is 0.250. The molecule has 0 fully saturated rings. The lowest BCUT2D eigenvalue weighted by atomic mass is 9.95. The van der Waals surface area contributed by atoms with E-state index in [2.05, 4.69) is 0 Å². The van der Waals surface area contributed by atoms with Gasteiger partial charge in [0.2, 0.25) is 0 Å². The number of hydrogen-bond acceptors (Lipinski definition) is 4. The molecule has 0 aliphatic heterocycles. The first-order valence-electron chi connectivity index (χ1n) is 7.26. The van der Waals surface area contributed by atoms with E-state index in [-0.39, 0.29) is 5.56 Å². The Labute approximate surface area is 141 Å². The Balaban J connectivity index is 2.19. The second-order valence-corrected chi connectivity index (χ2v) is 5.55. The van der Waals surface area contributed by atoms with Crippen LogP contribution >= 0.6 is 0 Å². The van der Waals surface area contributed by atoms with Gasteiger partial charge in [0.15, 0.2) is 5.60 Å². The van der Waals surface area contributed by atoms with Gasteiger partial charge < -0.3 is 15.0 Å². The molecule has 0 aliphatic rings. The van der Waals surface area contributed by atoms with Crippen LogP contribution in [0.3, 0.4) is 0 Å². The average Bonchev–Trinajstić information content (AvgIpc) is 3.13. The number of amides is 2. The number of nitrogens with one attached hydrogen (secondary N) is 2. The van der Waals surface area contributed by atoms with E-state index in [0.717, 1.165) is 11.2 Å². The SMILES string of the molecule is C[C@@](O)(C(F)F)[C@H](NC(=O)c1ccc(-n2cccc2)cc1)C(=O)NO. The normalized spacial score (nSPS) is 14.6. The molecule has 1 heterocycles. The molecule has 1 aromatic carbocycles. The molecule has 0 saturated carbocycles. The van der Waals surface area contributed by atoms with Gasteiger partial charge in [0.1, 0.15) is 6.04 Å². The molecular formula is C16H17F2N3O4. The zero-order chi connectivity index (χ0) is 18.6. The smallest absolute Gasteiger partial charge is 0.269 e. The van der Waals surface area contributed by atoms with Gasteiger partial charge in [0, 0.05) is 23.6 Å². The molecule has 9 heteroatoms. The Morgan fingerprint density at radius 2 is 1.72 bits per heavy atom. The van der Waals surface area contributed by atoms with Crippen molar-refractivity contribution in [2.75, 3.05) is 0 Å². The van der Waals surface area contributed by atoms with Gasteiger partial charge in [0.25, 0.3) is 18.2 Å². The lowest BCUT2D eigenvalue weighted by molar-refractivity contribution is -0.149. The van der Waals surface area contributed by atoms with E-state index in [1.807, 2.05) is 17.4 Å². The van der Waals surface area contributed by atoms with Crippen LogP contribution < -0.4 is 10.8 Å². The van der Waals surface area contributed by atoms with Crippen molar-refractivity contribution < 1.29 is 28.7 Å². The highest BCUT2D eigenvalue weighted by Gasteiger charge is 2.46. The summed E-state index contributed by atoms with van der Waals surface area (Å²) in [7, 11) is 0. The highest BCUT2D eigenvalue weighted by molar-refractivity contribution is 5.98. The molecule has 7 nitrogen and oxygen atoms in total. The summed E-state index contributed by atoms with van der Waals surface area (Å²) in [5.74, 6) is -2.21. The Hall–Kier alpha value is -2.78. The van der Waals surface area contributed by atoms with Crippen molar-refractivity contribution in [1.82, 2.24) is 15.4 Å². The number of benzene rings is 1. The predicted molar refractivity (Wildman–Crippen MR) is 83.6 cm³/mol. The molecule has 134 valence electrons. The molecule has 1 aromatic heterocycles. The summed E-state index contributed by atoms with van der Waals surface area (Å²) in [6.45, 7) is 0.687. The highest BCUT2D eigenvalue weighted by Crippen LogP contribution is 2.20. The molecule has 0 spiro atoms. The molecule has 2 aromatic rings. The Morgan fingerprint density at radius 3 is 2.20 bits per heavy atom. The van der Waals surface area contributed by atoms with E-state index in [4.69, 9.17) is 5.21 Å². The Bertz CT molecular complexity index is 730. The van der Waals surface area contributed by atoms with E-state index >= 15 is 0 Å². The maximum absolute atomic E-state index is 13.0. The number of aliphatic hydroxyl groups is 1. The molecule has 4 N–H and O–H groups in total. The van der Waals surface area contributed by atoms with Gasteiger partial charge >= 0.3 is 0 Å². The van der Waals surface area contributed by atoms with Crippen LogP contribution in [0.4, 0.5) is 8.78 Å². The van der Waals surface area contributed by atoms with Gasteiger partial charge in [-0.2, -0.15) is 0 Å². The van der Waals surface area contributed by atoms with Crippen LogP contribution in [0.2, 0.25) is 0 Å². The summed E-state index contributed by atoms with van der Waals surface area (Å²) in [5, 5.41) is 20.5. The predicted octanol–water partition coefficient (Wildman–Crippen LogP) is 1.10. The summed E-state index contributed by atoms with van der Waals surface area (Å²) < 4.78 is 27.7. The number of carbonyl (C=O) groups excluding carboxylic acids is 2. The number of hydroxylamine groups is 1. The fourth-order valence-electron chi connectivity index (χ4n) is 2.17. The average molecular weight is 353 g/mol. The van der Waals surface area contributed by atoms with Crippen molar-refractivity contribution >= 4 is 11.8 Å². The Morgan fingerprint density at radius 1 is 1.16 bits per heavy atom. The maximum atomic E-state index is 13.0. The molecule has 2 amide bonds. The van der Waals surface area contributed by atoms with Gasteiger partial charge in [-0.1, -0.05) is 0 Å². The van der Waals surface area contributed by atoms with Crippen LogP contribution in [0.1, 0.15) is 17.3 Å². The minimum absolute atomic E-state index is 0.0942. The molecule has 0 radical (unpaired) electrons. The maximum Gasteiger partial charge on any atom is 0.269 e. The van der Waals surface area contributed by atoms with E-state index in [9.17, 15) is 23.5 Å². The van der Waals surface area contributed by atoms with Crippen molar-refractivity contribution in [2.45, 2.75) is 25.0 Å². The minimum Gasteiger partial charge on any atom is -0.381 e. The van der Waals surface area contributed by atoms with E-state index in [1.54, 1.807) is 29.1 Å². The van der Waals surface area contributed by atoms with Crippen LogP contribution in [0.25, 0.3) is 5.69 Å². The third-order valence-electron chi connectivity index (χ3n) is 3.71. The topological polar surface area (TPSA) is 104 Å². The van der Waals surface area contributed by atoms with Crippen molar-refractivity contribution in [2.24, 2.45) is 0 Å². The van der Waals surface area contributed by atoms with Crippen LogP contribution in [-0.4, -0.2) is 44.8 Å². The molecule has 0 bridgehead atoms. The van der Waals surface area contributed by atoms with Crippen molar-refractivity contribution in [1.29, 1.82) is 0 Å². The number of hydrogen-bond donors (Lipinski definition) is 4. The fourth-order valence-corrected chi connectivity index (χ4v) is 2.17. The van der Waals surface area contributed by atoms with Gasteiger partial charge in [-0.05, 0) is 43.3 Å². The van der Waals surface area contributed by atoms with Crippen LogP contribution in [0, 0.1) is 0 Å². The monoisotopic (exact) mass is 353 g/mol. The lowest BCUT2D eigenvalue weighted by Crippen LogP contribution is -2.61. The third-order valence-corrected chi connectivity index (χ3v) is 3.71. The molecular weight excluding hydrogens is 336 g/mol. The second kappa shape index (κ2) is 7.41. The standard InChI is InChI=1S/C16H17F2N3O4/c1-16(24,15(17)18)12(14(23)20-25)19-13(22)10-4-6-11(7-5-10)21-8-2-3-9-21/h2-9,12,15,24-25H,1H3,(H,19,22)(H,20,23)/t12-,16+/m1/s1. The quantitative estimate of drug-likeness (QED) is 0.461. The molecule has 0 aliphatic carbocycles. The van der Waals surface area contributed by atoms with Gasteiger partial charge in [-0.3, -0.25) is 14.8 Å². The zero-order valence-corrected chi connectivity index (χ0v) is 13.2. The van der Waals surface area contributed by atoms with Gasteiger partial charge in [-0.15, -0.1) is 0 Å². The van der Waals surface area contributed by atoms with Crippen molar-refractivity contribution in [3.05, 3.63) is 54.4 Å². The summed E-state index contributed by atoms with van der Waals surface area (Å²) in [5.41, 5.74) is -0.844. The van der Waals surface area contributed by atoms with Crippen molar-refractivity contribution in [3.63, 3.8) is 0 Å². The molecule has 2 atom stereocenters.